The predicted octanol–water partition coefficient (Wildman–Crippen LogP) is -1.66. The first-order valence-corrected chi connectivity index (χ1v) is 3.95. The average molecular weight is 171 g/mol. The first-order valence-electron chi connectivity index (χ1n) is 3.95. The van der Waals surface area contributed by atoms with Gasteiger partial charge >= 0.3 is 0 Å². The third-order valence-corrected chi connectivity index (χ3v) is 1.78. The van der Waals surface area contributed by atoms with Crippen LogP contribution in [0.25, 0.3) is 0 Å². The van der Waals surface area contributed by atoms with Crippen LogP contribution in [0.4, 0.5) is 0 Å². The molecule has 0 bridgehead atoms. The van der Waals surface area contributed by atoms with Crippen LogP contribution in [0.3, 0.4) is 0 Å². The van der Waals surface area contributed by atoms with Crippen molar-refractivity contribution in [1.29, 1.82) is 0 Å². The van der Waals surface area contributed by atoms with Crippen molar-refractivity contribution in [2.45, 2.75) is 25.4 Å². The summed E-state index contributed by atoms with van der Waals surface area (Å²) in [6, 6.07) is -0.943. The molecule has 0 unspecified atom stereocenters. The third-order valence-electron chi connectivity index (χ3n) is 1.78. The second-order valence-corrected chi connectivity index (χ2v) is 2.93. The molecule has 5 nitrogen and oxygen atoms in total. The molecule has 1 saturated heterocycles. The molecule has 5 heteroatoms. The summed E-state index contributed by atoms with van der Waals surface area (Å²) in [7, 11) is 0. The van der Waals surface area contributed by atoms with Gasteiger partial charge in [0.15, 0.2) is 0 Å². The van der Waals surface area contributed by atoms with Crippen molar-refractivity contribution < 1.29 is 9.59 Å². The Hall–Kier alpha value is -1.10. The minimum absolute atomic E-state index is 0.121. The monoisotopic (exact) mass is 171 g/mol. The van der Waals surface area contributed by atoms with Crippen molar-refractivity contribution in [3.05, 3.63) is 0 Å². The first kappa shape index (κ1) is 8.99. The molecule has 0 aliphatic carbocycles. The van der Waals surface area contributed by atoms with Crippen molar-refractivity contribution >= 4 is 11.8 Å². The van der Waals surface area contributed by atoms with Gasteiger partial charge in [0, 0.05) is 6.54 Å². The lowest BCUT2D eigenvalue weighted by atomic mass is 10.2. The van der Waals surface area contributed by atoms with Gasteiger partial charge in [-0.15, -0.1) is 0 Å². The van der Waals surface area contributed by atoms with Crippen LogP contribution in [0, 0.1) is 0 Å². The smallest absolute Gasteiger partial charge is 0.242 e. The number of carbonyl (C=O) groups excluding carboxylic acids is 2. The highest BCUT2D eigenvalue weighted by Crippen LogP contribution is 1.98. The van der Waals surface area contributed by atoms with Gasteiger partial charge in [-0.2, -0.15) is 0 Å². The molecule has 2 amide bonds. The molecule has 2 atom stereocenters. The molecular weight excluding hydrogens is 158 g/mol. The Morgan fingerprint density at radius 1 is 1.83 bits per heavy atom. The molecule has 1 aliphatic rings. The number of rotatable bonds is 2. The summed E-state index contributed by atoms with van der Waals surface area (Å²) in [4.78, 5) is 22.0. The van der Waals surface area contributed by atoms with Gasteiger partial charge in [-0.1, -0.05) is 0 Å². The van der Waals surface area contributed by atoms with Crippen LogP contribution in [0.5, 0.6) is 0 Å². The molecule has 0 aromatic heterocycles. The van der Waals surface area contributed by atoms with Crippen LogP contribution >= 0.6 is 0 Å². The largest absolute Gasteiger partial charge is 0.354 e. The Morgan fingerprint density at radius 3 is 2.92 bits per heavy atom. The SMILES string of the molecule is C[C@@H](N)C(=O)N[C@H]1CCNC1=O. The molecule has 1 rings (SSSR count). The van der Waals surface area contributed by atoms with E-state index in [1.807, 2.05) is 0 Å². The molecule has 1 heterocycles. The van der Waals surface area contributed by atoms with Crippen molar-refractivity contribution in [3.63, 3.8) is 0 Å². The molecule has 12 heavy (non-hydrogen) atoms. The molecule has 0 radical (unpaired) electrons. The number of hydrogen-bond acceptors (Lipinski definition) is 3. The summed E-state index contributed by atoms with van der Waals surface area (Å²) >= 11 is 0. The van der Waals surface area contributed by atoms with E-state index in [4.69, 9.17) is 5.73 Å². The summed E-state index contributed by atoms with van der Waals surface area (Å²) in [5, 5.41) is 5.17. The Kier molecular flexibility index (Phi) is 2.65. The third kappa shape index (κ3) is 1.94. The summed E-state index contributed by atoms with van der Waals surface area (Å²) < 4.78 is 0. The van der Waals surface area contributed by atoms with Gasteiger partial charge in [0.2, 0.25) is 11.8 Å². The fourth-order valence-electron chi connectivity index (χ4n) is 1.03. The molecule has 4 N–H and O–H groups in total. The minimum atomic E-state index is -0.557. The molecule has 0 saturated carbocycles. The van der Waals surface area contributed by atoms with E-state index in [1.165, 1.54) is 0 Å². The maximum Gasteiger partial charge on any atom is 0.242 e. The highest BCUT2D eigenvalue weighted by Gasteiger charge is 2.26. The first-order chi connectivity index (χ1) is 5.61. The standard InChI is InChI=1S/C7H13N3O2/c1-4(8)6(11)10-5-2-3-9-7(5)12/h4-5H,2-3,8H2,1H3,(H,9,12)(H,10,11)/t4-,5+/m1/s1. The molecule has 0 aromatic carbocycles. The molecule has 0 aromatic rings. The highest BCUT2D eigenvalue weighted by atomic mass is 16.2. The van der Waals surface area contributed by atoms with E-state index >= 15 is 0 Å². The van der Waals surface area contributed by atoms with Gasteiger partial charge < -0.3 is 16.4 Å². The quantitative estimate of drug-likeness (QED) is 0.465. The zero-order valence-corrected chi connectivity index (χ0v) is 6.96. The zero-order valence-electron chi connectivity index (χ0n) is 6.96. The maximum absolute atomic E-state index is 11.0. The van der Waals surface area contributed by atoms with Gasteiger partial charge in [0.25, 0.3) is 0 Å². The van der Waals surface area contributed by atoms with Crippen LogP contribution in [0.15, 0.2) is 0 Å². The second kappa shape index (κ2) is 3.53. The van der Waals surface area contributed by atoms with E-state index in [1.54, 1.807) is 6.92 Å². The highest BCUT2D eigenvalue weighted by molar-refractivity contribution is 5.90. The summed E-state index contributed by atoms with van der Waals surface area (Å²) in [5.74, 6) is -0.402. The number of hydrogen-bond donors (Lipinski definition) is 3. The molecule has 1 aliphatic heterocycles. The van der Waals surface area contributed by atoms with Crippen LogP contribution in [-0.4, -0.2) is 30.4 Å². The Bertz CT molecular complexity index is 203. The normalized spacial score (nSPS) is 24.8. The molecular formula is C7H13N3O2. The summed E-state index contributed by atoms with van der Waals surface area (Å²) in [6.07, 6.45) is 0.650. The average Bonchev–Trinajstić information content (AvgIpc) is 2.36. The molecule has 68 valence electrons. The van der Waals surface area contributed by atoms with E-state index in [-0.39, 0.29) is 17.9 Å². The maximum atomic E-state index is 11.0. The lowest BCUT2D eigenvalue weighted by molar-refractivity contribution is -0.127. The van der Waals surface area contributed by atoms with E-state index < -0.39 is 6.04 Å². The van der Waals surface area contributed by atoms with Gasteiger partial charge in [-0.3, -0.25) is 9.59 Å². The lowest BCUT2D eigenvalue weighted by Gasteiger charge is -2.11. The Balaban J connectivity index is 2.40. The van der Waals surface area contributed by atoms with E-state index in [0.717, 1.165) is 0 Å². The number of nitrogens with one attached hydrogen (secondary N) is 2. The number of amides is 2. The Labute approximate surface area is 70.7 Å². The molecule has 1 fully saturated rings. The fraction of sp³-hybridized carbons (Fsp3) is 0.714. The van der Waals surface area contributed by atoms with Crippen LogP contribution in [0.1, 0.15) is 13.3 Å². The number of carbonyl (C=O) groups is 2. The van der Waals surface area contributed by atoms with E-state index in [0.29, 0.717) is 13.0 Å². The summed E-state index contributed by atoms with van der Waals surface area (Å²) in [6.45, 7) is 2.21. The van der Waals surface area contributed by atoms with Crippen LogP contribution < -0.4 is 16.4 Å². The van der Waals surface area contributed by atoms with E-state index in [2.05, 4.69) is 10.6 Å². The van der Waals surface area contributed by atoms with Crippen molar-refractivity contribution in [2.24, 2.45) is 5.73 Å². The van der Waals surface area contributed by atoms with Gasteiger partial charge in [0.05, 0.1) is 6.04 Å². The van der Waals surface area contributed by atoms with Crippen molar-refractivity contribution in [3.8, 4) is 0 Å². The topological polar surface area (TPSA) is 84.2 Å². The van der Waals surface area contributed by atoms with Crippen molar-refractivity contribution in [2.75, 3.05) is 6.54 Å². The fourth-order valence-corrected chi connectivity index (χ4v) is 1.03. The summed E-state index contributed by atoms with van der Waals surface area (Å²) in [5.41, 5.74) is 5.32. The van der Waals surface area contributed by atoms with E-state index in [9.17, 15) is 9.59 Å². The van der Waals surface area contributed by atoms with Crippen LogP contribution in [-0.2, 0) is 9.59 Å². The van der Waals surface area contributed by atoms with Gasteiger partial charge in [-0.05, 0) is 13.3 Å². The van der Waals surface area contributed by atoms with Gasteiger partial charge in [-0.25, -0.2) is 0 Å². The zero-order chi connectivity index (χ0) is 9.14. The number of nitrogens with two attached hydrogens (primary N) is 1. The van der Waals surface area contributed by atoms with Crippen LogP contribution in [0.2, 0.25) is 0 Å². The Morgan fingerprint density at radius 2 is 2.50 bits per heavy atom. The second-order valence-electron chi connectivity index (χ2n) is 2.93. The van der Waals surface area contributed by atoms with Gasteiger partial charge in [0.1, 0.15) is 6.04 Å². The predicted molar refractivity (Wildman–Crippen MR) is 43.2 cm³/mol. The van der Waals surface area contributed by atoms with Crippen molar-refractivity contribution in [1.82, 2.24) is 10.6 Å². The molecule has 0 spiro atoms. The lowest BCUT2D eigenvalue weighted by Crippen LogP contribution is -2.46. The minimum Gasteiger partial charge on any atom is -0.354 e.